The van der Waals surface area contributed by atoms with Gasteiger partial charge in [0.2, 0.25) is 0 Å². The number of carbonyl (C=O) groups excluding carboxylic acids is 1. The molecule has 4 nitrogen and oxygen atoms in total. The zero-order chi connectivity index (χ0) is 8.43. The standard InChI is InChI=1S/C7H10O4/c1-11-6(8)3-4-2-5(4)7(9)10/h4-5H,2-3H2,1H3,(H,9,10)/t4-,5+/m0/s1. The minimum absolute atomic E-state index is 0.0138. The fourth-order valence-electron chi connectivity index (χ4n) is 1.07. The summed E-state index contributed by atoms with van der Waals surface area (Å²) >= 11 is 0. The molecule has 1 saturated carbocycles. The smallest absolute Gasteiger partial charge is 0.306 e. The molecule has 0 aromatic carbocycles. The number of carboxylic acid groups (broad SMARTS) is 1. The van der Waals surface area contributed by atoms with Crippen LogP contribution in [0.5, 0.6) is 0 Å². The molecule has 0 unspecified atom stereocenters. The fourth-order valence-corrected chi connectivity index (χ4v) is 1.07. The second-order valence-electron chi connectivity index (χ2n) is 2.72. The average Bonchev–Trinajstić information content (AvgIpc) is 2.67. The predicted octanol–water partition coefficient (Wildman–Crippen LogP) is 0.270. The van der Waals surface area contributed by atoms with Crippen molar-refractivity contribution < 1.29 is 19.4 Å². The van der Waals surface area contributed by atoms with Gasteiger partial charge in [-0.2, -0.15) is 0 Å². The second kappa shape index (κ2) is 2.90. The van der Waals surface area contributed by atoms with Gasteiger partial charge >= 0.3 is 11.9 Å². The number of rotatable bonds is 3. The van der Waals surface area contributed by atoms with E-state index in [1.165, 1.54) is 7.11 Å². The molecule has 0 radical (unpaired) electrons. The molecule has 1 rings (SSSR count). The third-order valence-corrected chi connectivity index (χ3v) is 1.90. The van der Waals surface area contributed by atoms with E-state index in [4.69, 9.17) is 5.11 Å². The molecule has 2 atom stereocenters. The van der Waals surface area contributed by atoms with E-state index in [-0.39, 0.29) is 24.2 Å². The lowest BCUT2D eigenvalue weighted by Gasteiger charge is -1.94. The van der Waals surface area contributed by atoms with E-state index in [1.54, 1.807) is 0 Å². The van der Waals surface area contributed by atoms with Crippen molar-refractivity contribution in [1.82, 2.24) is 0 Å². The lowest BCUT2D eigenvalue weighted by atomic mass is 10.2. The average molecular weight is 158 g/mol. The van der Waals surface area contributed by atoms with Gasteiger partial charge in [-0.3, -0.25) is 9.59 Å². The van der Waals surface area contributed by atoms with Crippen LogP contribution in [-0.2, 0) is 14.3 Å². The number of hydrogen-bond donors (Lipinski definition) is 1. The van der Waals surface area contributed by atoms with Gasteiger partial charge in [-0.15, -0.1) is 0 Å². The van der Waals surface area contributed by atoms with Crippen LogP contribution in [0.2, 0.25) is 0 Å². The second-order valence-corrected chi connectivity index (χ2v) is 2.72. The first kappa shape index (κ1) is 8.04. The maximum absolute atomic E-state index is 10.6. The van der Waals surface area contributed by atoms with Gasteiger partial charge in [-0.1, -0.05) is 0 Å². The lowest BCUT2D eigenvalue weighted by molar-refractivity contribution is -0.141. The third-order valence-electron chi connectivity index (χ3n) is 1.90. The van der Waals surface area contributed by atoms with Crippen LogP contribution in [-0.4, -0.2) is 24.2 Å². The highest BCUT2D eigenvalue weighted by Gasteiger charge is 2.44. The minimum Gasteiger partial charge on any atom is -0.481 e. The zero-order valence-electron chi connectivity index (χ0n) is 6.24. The first-order chi connectivity index (χ1) is 5.15. The van der Waals surface area contributed by atoms with Gasteiger partial charge < -0.3 is 9.84 Å². The molecule has 1 fully saturated rings. The normalized spacial score (nSPS) is 27.7. The summed E-state index contributed by atoms with van der Waals surface area (Å²) in [6.45, 7) is 0. The highest BCUT2D eigenvalue weighted by Crippen LogP contribution is 2.41. The van der Waals surface area contributed by atoms with Gasteiger partial charge in [0.05, 0.1) is 13.0 Å². The van der Waals surface area contributed by atoms with E-state index in [0.717, 1.165) is 0 Å². The molecule has 1 N–H and O–H groups in total. The number of ether oxygens (including phenoxy) is 1. The Hall–Kier alpha value is -1.06. The number of methoxy groups -OCH3 is 1. The maximum Gasteiger partial charge on any atom is 0.306 e. The summed E-state index contributed by atoms with van der Waals surface area (Å²) in [5.41, 5.74) is 0. The molecule has 62 valence electrons. The molecule has 0 amide bonds. The van der Waals surface area contributed by atoms with Crippen LogP contribution in [0.15, 0.2) is 0 Å². The van der Waals surface area contributed by atoms with Gasteiger partial charge in [-0.05, 0) is 12.3 Å². The van der Waals surface area contributed by atoms with E-state index < -0.39 is 5.97 Å². The summed E-state index contributed by atoms with van der Waals surface area (Å²) < 4.78 is 4.40. The van der Waals surface area contributed by atoms with E-state index >= 15 is 0 Å². The van der Waals surface area contributed by atoms with Crippen molar-refractivity contribution in [3.05, 3.63) is 0 Å². The first-order valence-corrected chi connectivity index (χ1v) is 3.44. The van der Waals surface area contributed by atoms with E-state index in [2.05, 4.69) is 4.74 Å². The highest BCUT2D eigenvalue weighted by molar-refractivity contribution is 5.76. The molecule has 11 heavy (non-hydrogen) atoms. The van der Waals surface area contributed by atoms with Crippen molar-refractivity contribution in [1.29, 1.82) is 0 Å². The molecular formula is C7H10O4. The molecule has 1 aliphatic carbocycles. The SMILES string of the molecule is COC(=O)C[C@@H]1C[C@H]1C(=O)O. The summed E-state index contributed by atoms with van der Waals surface area (Å²) in [4.78, 5) is 20.9. The van der Waals surface area contributed by atoms with Crippen LogP contribution in [0, 0.1) is 11.8 Å². The molecule has 0 heterocycles. The van der Waals surface area contributed by atoms with Crippen LogP contribution in [0.4, 0.5) is 0 Å². The van der Waals surface area contributed by atoms with Crippen molar-refractivity contribution in [2.75, 3.05) is 7.11 Å². The molecule has 0 aliphatic heterocycles. The van der Waals surface area contributed by atoms with E-state index in [1.807, 2.05) is 0 Å². The Morgan fingerprint density at radius 1 is 1.64 bits per heavy atom. The summed E-state index contributed by atoms with van der Waals surface area (Å²) in [5.74, 6) is -1.42. The Morgan fingerprint density at radius 3 is 2.64 bits per heavy atom. The maximum atomic E-state index is 10.6. The van der Waals surface area contributed by atoms with Crippen molar-refractivity contribution in [2.24, 2.45) is 11.8 Å². The Morgan fingerprint density at radius 2 is 2.27 bits per heavy atom. The Bertz CT molecular complexity index is 187. The van der Waals surface area contributed by atoms with Crippen LogP contribution >= 0.6 is 0 Å². The fraction of sp³-hybridized carbons (Fsp3) is 0.714. The third kappa shape index (κ3) is 1.93. The Balaban J connectivity index is 2.23. The quantitative estimate of drug-likeness (QED) is 0.599. The van der Waals surface area contributed by atoms with Crippen molar-refractivity contribution in [3.8, 4) is 0 Å². The Labute approximate surface area is 64.2 Å². The topological polar surface area (TPSA) is 63.6 Å². The molecule has 4 heteroatoms. The predicted molar refractivity (Wildman–Crippen MR) is 35.9 cm³/mol. The largest absolute Gasteiger partial charge is 0.481 e. The molecule has 0 aromatic rings. The molecule has 0 saturated heterocycles. The summed E-state index contributed by atoms with van der Waals surface area (Å²) in [6, 6.07) is 0. The number of carbonyl (C=O) groups is 2. The first-order valence-electron chi connectivity index (χ1n) is 3.44. The number of carboxylic acids is 1. The number of hydrogen-bond acceptors (Lipinski definition) is 3. The zero-order valence-corrected chi connectivity index (χ0v) is 6.24. The van der Waals surface area contributed by atoms with Crippen molar-refractivity contribution in [2.45, 2.75) is 12.8 Å². The van der Waals surface area contributed by atoms with Crippen molar-refractivity contribution in [3.63, 3.8) is 0 Å². The van der Waals surface area contributed by atoms with Gasteiger partial charge in [0.15, 0.2) is 0 Å². The molecule has 0 spiro atoms. The van der Waals surface area contributed by atoms with Gasteiger partial charge in [-0.25, -0.2) is 0 Å². The monoisotopic (exact) mass is 158 g/mol. The van der Waals surface area contributed by atoms with E-state index in [9.17, 15) is 9.59 Å². The van der Waals surface area contributed by atoms with Crippen LogP contribution in [0.25, 0.3) is 0 Å². The lowest BCUT2D eigenvalue weighted by Crippen LogP contribution is -2.05. The number of esters is 1. The van der Waals surface area contributed by atoms with Crippen molar-refractivity contribution >= 4 is 11.9 Å². The van der Waals surface area contributed by atoms with Gasteiger partial charge in [0.25, 0.3) is 0 Å². The van der Waals surface area contributed by atoms with Crippen LogP contribution in [0.1, 0.15) is 12.8 Å². The van der Waals surface area contributed by atoms with Crippen LogP contribution in [0.3, 0.4) is 0 Å². The summed E-state index contributed by atoms with van der Waals surface area (Å²) in [7, 11) is 1.31. The van der Waals surface area contributed by atoms with Crippen LogP contribution < -0.4 is 0 Å². The molecule has 1 aliphatic rings. The highest BCUT2D eigenvalue weighted by atomic mass is 16.5. The summed E-state index contributed by atoms with van der Waals surface area (Å²) in [6.07, 6.45) is 0.859. The molecule has 0 aromatic heterocycles. The molecular weight excluding hydrogens is 148 g/mol. The molecule has 0 bridgehead atoms. The van der Waals surface area contributed by atoms with Gasteiger partial charge in [0.1, 0.15) is 0 Å². The Kier molecular flexibility index (Phi) is 2.12. The van der Waals surface area contributed by atoms with Gasteiger partial charge in [0, 0.05) is 6.42 Å². The number of aliphatic carboxylic acids is 1. The minimum atomic E-state index is -0.807. The van der Waals surface area contributed by atoms with E-state index in [0.29, 0.717) is 6.42 Å². The summed E-state index contributed by atoms with van der Waals surface area (Å²) in [5, 5.41) is 8.46.